The van der Waals surface area contributed by atoms with Gasteiger partial charge in [0.05, 0.1) is 24.7 Å². The molecule has 0 atom stereocenters. The van der Waals surface area contributed by atoms with Crippen LogP contribution in [0.1, 0.15) is 16.7 Å². The molecule has 0 spiro atoms. The van der Waals surface area contributed by atoms with Gasteiger partial charge in [0, 0.05) is 7.05 Å². The quantitative estimate of drug-likeness (QED) is 0.468. The molecular weight excluding hydrogens is 288 g/mol. The van der Waals surface area contributed by atoms with Crippen LogP contribution in [0.2, 0.25) is 0 Å². The molecule has 112 valence electrons. The van der Waals surface area contributed by atoms with Crippen LogP contribution < -0.4 is 0 Å². The molecule has 9 heteroatoms. The highest BCUT2D eigenvalue weighted by atomic mass is 19.4. The molecule has 0 aliphatic rings. The van der Waals surface area contributed by atoms with E-state index in [1.807, 2.05) is 0 Å². The molecule has 20 heavy (non-hydrogen) atoms. The van der Waals surface area contributed by atoms with Crippen molar-refractivity contribution in [2.24, 2.45) is 10.3 Å². The first-order chi connectivity index (χ1) is 9.04. The SMILES string of the molecule is CN=NN(C)Cc1cc(C(F)(F)F)cc(C(F)(F)F)c1. The molecule has 0 aliphatic carbocycles. The van der Waals surface area contributed by atoms with Gasteiger partial charge in [0.25, 0.3) is 0 Å². The maximum absolute atomic E-state index is 12.6. The van der Waals surface area contributed by atoms with Crippen molar-refractivity contribution < 1.29 is 26.3 Å². The number of rotatable bonds is 3. The van der Waals surface area contributed by atoms with E-state index in [1.165, 1.54) is 14.1 Å². The van der Waals surface area contributed by atoms with Gasteiger partial charge < -0.3 is 0 Å². The number of halogens is 6. The number of hydrogen-bond acceptors (Lipinski definition) is 2. The van der Waals surface area contributed by atoms with Crippen LogP contribution in [0.5, 0.6) is 0 Å². The van der Waals surface area contributed by atoms with Crippen molar-refractivity contribution in [3.63, 3.8) is 0 Å². The molecule has 0 radical (unpaired) electrons. The molecule has 0 heterocycles. The topological polar surface area (TPSA) is 28.0 Å². The van der Waals surface area contributed by atoms with E-state index in [4.69, 9.17) is 0 Å². The van der Waals surface area contributed by atoms with Crippen LogP contribution in [0, 0.1) is 0 Å². The molecule has 0 aromatic heterocycles. The zero-order chi connectivity index (χ0) is 15.6. The van der Waals surface area contributed by atoms with Gasteiger partial charge in [-0.05, 0) is 23.8 Å². The van der Waals surface area contributed by atoms with Crippen LogP contribution in [0.3, 0.4) is 0 Å². The van der Waals surface area contributed by atoms with Crippen LogP contribution in [0.15, 0.2) is 28.5 Å². The van der Waals surface area contributed by atoms with Gasteiger partial charge in [0.15, 0.2) is 0 Å². The zero-order valence-corrected chi connectivity index (χ0v) is 10.5. The molecule has 1 aromatic carbocycles. The predicted octanol–water partition coefficient (Wildman–Crippen LogP) is 4.15. The maximum Gasteiger partial charge on any atom is 0.416 e. The Kier molecular flexibility index (Phi) is 4.61. The van der Waals surface area contributed by atoms with E-state index < -0.39 is 23.5 Å². The Morgan fingerprint density at radius 2 is 1.40 bits per heavy atom. The molecule has 0 aliphatic heterocycles. The molecule has 1 aromatic rings. The van der Waals surface area contributed by atoms with Crippen LogP contribution in [-0.2, 0) is 18.9 Å². The van der Waals surface area contributed by atoms with Crippen molar-refractivity contribution in [1.29, 1.82) is 0 Å². The second-order valence-electron chi connectivity index (χ2n) is 4.02. The summed E-state index contributed by atoms with van der Waals surface area (Å²) in [6.45, 7) is -0.218. The van der Waals surface area contributed by atoms with E-state index in [2.05, 4.69) is 10.3 Å². The molecule has 0 unspecified atom stereocenters. The fourth-order valence-electron chi connectivity index (χ4n) is 1.56. The van der Waals surface area contributed by atoms with Gasteiger partial charge in [0.2, 0.25) is 0 Å². The van der Waals surface area contributed by atoms with Gasteiger partial charge in [-0.2, -0.15) is 31.5 Å². The van der Waals surface area contributed by atoms with Gasteiger partial charge >= 0.3 is 12.4 Å². The monoisotopic (exact) mass is 299 g/mol. The lowest BCUT2D eigenvalue weighted by molar-refractivity contribution is -0.143. The minimum atomic E-state index is -4.85. The molecule has 0 amide bonds. The van der Waals surface area contributed by atoms with E-state index in [1.54, 1.807) is 0 Å². The van der Waals surface area contributed by atoms with Crippen LogP contribution >= 0.6 is 0 Å². The van der Waals surface area contributed by atoms with Crippen molar-refractivity contribution in [3.05, 3.63) is 34.9 Å². The standard InChI is InChI=1S/C11H11F6N3/c1-18-19-20(2)6-7-3-8(10(12,13)14)5-9(4-7)11(15,16)17/h3-5H,6H2,1-2H3. The van der Waals surface area contributed by atoms with Gasteiger partial charge in [-0.1, -0.05) is 5.22 Å². The molecule has 0 saturated carbocycles. The third kappa shape index (κ3) is 4.39. The lowest BCUT2D eigenvalue weighted by Gasteiger charge is -2.16. The average Bonchev–Trinajstić information content (AvgIpc) is 2.26. The third-order valence-corrected chi connectivity index (χ3v) is 2.30. The summed E-state index contributed by atoms with van der Waals surface area (Å²) < 4.78 is 75.6. The molecule has 0 N–H and O–H groups in total. The Bertz CT molecular complexity index is 460. The summed E-state index contributed by atoms with van der Waals surface area (Å²) >= 11 is 0. The Hall–Kier alpha value is -1.80. The predicted molar refractivity (Wildman–Crippen MR) is 58.7 cm³/mol. The summed E-state index contributed by atoms with van der Waals surface area (Å²) in [6, 6.07) is 1.42. The summed E-state index contributed by atoms with van der Waals surface area (Å²) in [5.74, 6) is 0. The van der Waals surface area contributed by atoms with Crippen LogP contribution in [-0.4, -0.2) is 19.1 Å². The van der Waals surface area contributed by atoms with E-state index in [0.717, 1.165) is 5.01 Å². The van der Waals surface area contributed by atoms with Crippen molar-refractivity contribution in [3.8, 4) is 0 Å². The Morgan fingerprint density at radius 3 is 1.75 bits per heavy atom. The van der Waals surface area contributed by atoms with Crippen molar-refractivity contribution in [2.45, 2.75) is 18.9 Å². The summed E-state index contributed by atoms with van der Waals surface area (Å²) in [4.78, 5) is 0. The Labute approximate surface area is 110 Å². The largest absolute Gasteiger partial charge is 0.416 e. The number of alkyl halides is 6. The van der Waals surface area contributed by atoms with E-state index >= 15 is 0 Å². The maximum atomic E-state index is 12.6. The van der Waals surface area contributed by atoms with E-state index in [9.17, 15) is 26.3 Å². The Morgan fingerprint density at radius 1 is 0.950 bits per heavy atom. The first-order valence-electron chi connectivity index (χ1n) is 5.33. The highest BCUT2D eigenvalue weighted by molar-refractivity contribution is 5.33. The third-order valence-electron chi connectivity index (χ3n) is 2.30. The molecule has 3 nitrogen and oxygen atoms in total. The van der Waals surface area contributed by atoms with Gasteiger partial charge in [-0.3, -0.25) is 5.01 Å². The first kappa shape index (κ1) is 16.3. The molecule has 0 bridgehead atoms. The second kappa shape index (κ2) is 5.68. The lowest BCUT2D eigenvalue weighted by atomic mass is 10.0. The lowest BCUT2D eigenvalue weighted by Crippen LogP contribution is -2.15. The molecular formula is C11H11F6N3. The van der Waals surface area contributed by atoms with E-state index in [0.29, 0.717) is 12.1 Å². The molecule has 1 rings (SSSR count). The first-order valence-corrected chi connectivity index (χ1v) is 5.33. The minimum absolute atomic E-state index is 0.0881. The van der Waals surface area contributed by atoms with Gasteiger partial charge in [0.1, 0.15) is 0 Å². The minimum Gasteiger partial charge on any atom is -0.277 e. The molecule has 0 saturated heterocycles. The Balaban J connectivity index is 3.24. The van der Waals surface area contributed by atoms with Gasteiger partial charge in [-0.15, -0.1) is 0 Å². The van der Waals surface area contributed by atoms with Gasteiger partial charge in [-0.25, -0.2) is 0 Å². The van der Waals surface area contributed by atoms with Crippen molar-refractivity contribution in [1.82, 2.24) is 5.01 Å². The fraction of sp³-hybridized carbons (Fsp3) is 0.455. The summed E-state index contributed by atoms with van der Waals surface area (Å²) in [5, 5.41) is 8.01. The normalized spacial score (nSPS) is 13.0. The molecule has 0 fully saturated rings. The summed E-state index contributed by atoms with van der Waals surface area (Å²) in [6.07, 6.45) is -9.69. The van der Waals surface area contributed by atoms with Crippen molar-refractivity contribution in [2.75, 3.05) is 14.1 Å². The summed E-state index contributed by atoms with van der Waals surface area (Å²) in [7, 11) is 2.73. The van der Waals surface area contributed by atoms with Crippen LogP contribution in [0.25, 0.3) is 0 Å². The summed E-state index contributed by atoms with van der Waals surface area (Å²) in [5.41, 5.74) is -2.84. The number of nitrogens with zero attached hydrogens (tertiary/aromatic N) is 3. The number of benzene rings is 1. The highest BCUT2D eigenvalue weighted by Crippen LogP contribution is 2.36. The zero-order valence-electron chi connectivity index (χ0n) is 10.5. The highest BCUT2D eigenvalue weighted by Gasteiger charge is 2.36. The number of hydrogen-bond donors (Lipinski definition) is 0. The average molecular weight is 299 g/mol. The van der Waals surface area contributed by atoms with E-state index in [-0.39, 0.29) is 18.2 Å². The fourth-order valence-corrected chi connectivity index (χ4v) is 1.56. The smallest absolute Gasteiger partial charge is 0.277 e. The van der Waals surface area contributed by atoms with Crippen LogP contribution in [0.4, 0.5) is 26.3 Å². The second-order valence-corrected chi connectivity index (χ2v) is 4.02. The van der Waals surface area contributed by atoms with Crippen molar-refractivity contribution >= 4 is 0 Å².